The van der Waals surface area contributed by atoms with Gasteiger partial charge in [0.2, 0.25) is 0 Å². The van der Waals surface area contributed by atoms with E-state index in [1.807, 2.05) is 43.3 Å². The summed E-state index contributed by atoms with van der Waals surface area (Å²) in [5, 5.41) is 2.86. The monoisotopic (exact) mass is 367 g/mol. The molecule has 98 valence electrons. The number of anilines is 1. The number of carbonyl (C=O) groups excluding carboxylic acids is 1. The molecule has 0 aromatic heterocycles. The van der Waals surface area contributed by atoms with Crippen molar-refractivity contribution < 1.29 is 9.53 Å². The Labute approximate surface area is 126 Å². The van der Waals surface area contributed by atoms with Gasteiger partial charge in [-0.05, 0) is 65.4 Å². The van der Waals surface area contributed by atoms with Crippen LogP contribution >= 0.6 is 22.6 Å². The molecule has 1 N–H and O–H groups in total. The van der Waals surface area contributed by atoms with Gasteiger partial charge >= 0.3 is 0 Å². The Morgan fingerprint density at radius 2 is 2.00 bits per heavy atom. The lowest BCUT2D eigenvalue weighted by Gasteiger charge is -2.11. The van der Waals surface area contributed by atoms with Gasteiger partial charge in [-0.25, -0.2) is 0 Å². The van der Waals surface area contributed by atoms with E-state index in [9.17, 15) is 4.79 Å². The Morgan fingerprint density at radius 3 is 2.68 bits per heavy atom. The second-order valence-electron chi connectivity index (χ2n) is 4.17. The van der Waals surface area contributed by atoms with Crippen molar-refractivity contribution in [1.29, 1.82) is 0 Å². The van der Waals surface area contributed by atoms with Crippen molar-refractivity contribution in [2.75, 3.05) is 12.4 Å². The molecule has 0 radical (unpaired) electrons. The van der Waals surface area contributed by atoms with Crippen LogP contribution in [0.2, 0.25) is 0 Å². The molecule has 2 aromatic rings. The fraction of sp³-hybridized carbons (Fsp3) is 0.133. The summed E-state index contributed by atoms with van der Waals surface area (Å²) >= 11 is 2.18. The number of benzene rings is 2. The Kier molecular flexibility index (Phi) is 4.42. The summed E-state index contributed by atoms with van der Waals surface area (Å²) < 4.78 is 6.30. The number of nitrogens with one attached hydrogen (secondary N) is 1. The molecular formula is C15H14INO2. The van der Waals surface area contributed by atoms with Crippen LogP contribution in [0.3, 0.4) is 0 Å². The van der Waals surface area contributed by atoms with Gasteiger partial charge in [-0.3, -0.25) is 4.79 Å². The minimum atomic E-state index is -0.138. The minimum absolute atomic E-state index is 0.138. The van der Waals surface area contributed by atoms with Gasteiger partial charge in [-0.15, -0.1) is 0 Å². The Morgan fingerprint density at radius 1 is 1.21 bits per heavy atom. The van der Waals surface area contributed by atoms with Crippen molar-refractivity contribution in [2.24, 2.45) is 0 Å². The number of hydrogen-bond donors (Lipinski definition) is 1. The van der Waals surface area contributed by atoms with Crippen LogP contribution in [-0.4, -0.2) is 13.0 Å². The lowest BCUT2D eigenvalue weighted by Crippen LogP contribution is -2.12. The highest BCUT2D eigenvalue weighted by atomic mass is 127. The number of ether oxygens (including phenoxy) is 1. The first-order valence-electron chi connectivity index (χ1n) is 5.81. The third-order valence-corrected chi connectivity index (χ3v) is 3.36. The topological polar surface area (TPSA) is 38.3 Å². The van der Waals surface area contributed by atoms with Crippen LogP contribution in [0, 0.1) is 10.5 Å². The minimum Gasteiger partial charge on any atom is -0.495 e. The highest BCUT2D eigenvalue weighted by Crippen LogP contribution is 2.25. The van der Waals surface area contributed by atoms with E-state index in [0.717, 1.165) is 9.13 Å². The Bertz CT molecular complexity index is 611. The van der Waals surface area contributed by atoms with Crippen LogP contribution in [0.5, 0.6) is 5.75 Å². The van der Waals surface area contributed by atoms with Gasteiger partial charge in [-0.1, -0.05) is 12.1 Å². The molecule has 0 unspecified atom stereocenters. The molecule has 0 saturated heterocycles. The lowest BCUT2D eigenvalue weighted by molar-refractivity contribution is 0.102. The molecule has 0 aliphatic rings. The molecule has 0 bridgehead atoms. The zero-order chi connectivity index (χ0) is 13.8. The highest BCUT2D eigenvalue weighted by molar-refractivity contribution is 14.1. The van der Waals surface area contributed by atoms with Crippen LogP contribution in [0.1, 0.15) is 15.9 Å². The molecule has 19 heavy (non-hydrogen) atoms. The van der Waals surface area contributed by atoms with E-state index in [1.165, 1.54) is 0 Å². The van der Waals surface area contributed by atoms with Crippen LogP contribution < -0.4 is 10.1 Å². The average Bonchev–Trinajstić information content (AvgIpc) is 2.40. The summed E-state index contributed by atoms with van der Waals surface area (Å²) in [6, 6.07) is 13.1. The van der Waals surface area contributed by atoms with Gasteiger partial charge < -0.3 is 10.1 Å². The van der Waals surface area contributed by atoms with Crippen LogP contribution in [0.15, 0.2) is 42.5 Å². The second-order valence-corrected chi connectivity index (χ2v) is 5.41. The predicted molar refractivity (Wildman–Crippen MR) is 84.8 cm³/mol. The van der Waals surface area contributed by atoms with E-state index >= 15 is 0 Å². The largest absolute Gasteiger partial charge is 0.495 e. The van der Waals surface area contributed by atoms with Gasteiger partial charge in [-0.2, -0.15) is 0 Å². The number of rotatable bonds is 3. The van der Waals surface area contributed by atoms with E-state index in [4.69, 9.17) is 4.74 Å². The van der Waals surface area contributed by atoms with Gasteiger partial charge in [0, 0.05) is 9.13 Å². The third kappa shape index (κ3) is 3.47. The maximum Gasteiger partial charge on any atom is 0.255 e. The van der Waals surface area contributed by atoms with E-state index in [2.05, 4.69) is 27.9 Å². The summed E-state index contributed by atoms with van der Waals surface area (Å²) in [7, 11) is 1.59. The fourth-order valence-corrected chi connectivity index (χ4v) is 2.27. The molecule has 0 heterocycles. The molecule has 4 heteroatoms. The standard InChI is InChI=1S/C15H14INO2/c1-10-6-7-13(14(8-10)19-2)17-15(18)11-4-3-5-12(16)9-11/h3-9H,1-2H3,(H,17,18). The molecule has 2 rings (SSSR count). The Balaban J connectivity index is 2.24. The quantitative estimate of drug-likeness (QED) is 0.837. The summed E-state index contributed by atoms with van der Waals surface area (Å²) in [5.41, 5.74) is 2.40. The van der Waals surface area contributed by atoms with Gasteiger partial charge in [0.25, 0.3) is 5.91 Å². The van der Waals surface area contributed by atoms with Crippen molar-refractivity contribution >= 4 is 34.2 Å². The zero-order valence-electron chi connectivity index (χ0n) is 10.7. The molecule has 0 fully saturated rings. The maximum atomic E-state index is 12.1. The first kappa shape index (κ1) is 13.9. The molecule has 2 aromatic carbocycles. The zero-order valence-corrected chi connectivity index (χ0v) is 12.9. The summed E-state index contributed by atoms with van der Waals surface area (Å²) in [6.07, 6.45) is 0. The second kappa shape index (κ2) is 6.06. The molecule has 0 atom stereocenters. The number of halogens is 1. The highest BCUT2D eigenvalue weighted by Gasteiger charge is 2.09. The fourth-order valence-electron chi connectivity index (χ4n) is 1.73. The molecule has 0 spiro atoms. The molecule has 1 amide bonds. The van der Waals surface area contributed by atoms with Crippen molar-refractivity contribution in [3.8, 4) is 5.75 Å². The average molecular weight is 367 g/mol. The van der Waals surface area contributed by atoms with Crippen molar-refractivity contribution in [1.82, 2.24) is 0 Å². The first-order chi connectivity index (χ1) is 9.10. The van der Waals surface area contributed by atoms with Crippen molar-refractivity contribution in [3.05, 3.63) is 57.2 Å². The van der Waals surface area contributed by atoms with E-state index in [1.54, 1.807) is 13.2 Å². The summed E-state index contributed by atoms with van der Waals surface area (Å²) in [4.78, 5) is 12.1. The molecule has 0 aliphatic carbocycles. The molecule has 0 aliphatic heterocycles. The molecule has 0 saturated carbocycles. The number of amides is 1. The van der Waals surface area contributed by atoms with E-state index < -0.39 is 0 Å². The molecule has 3 nitrogen and oxygen atoms in total. The first-order valence-corrected chi connectivity index (χ1v) is 6.89. The SMILES string of the molecule is COc1cc(C)ccc1NC(=O)c1cccc(I)c1. The van der Waals surface area contributed by atoms with E-state index in [0.29, 0.717) is 17.0 Å². The van der Waals surface area contributed by atoms with Crippen molar-refractivity contribution in [3.63, 3.8) is 0 Å². The maximum absolute atomic E-state index is 12.1. The van der Waals surface area contributed by atoms with Crippen LogP contribution in [-0.2, 0) is 0 Å². The number of aryl methyl sites for hydroxylation is 1. The molecular weight excluding hydrogens is 353 g/mol. The number of carbonyl (C=O) groups is 1. The number of hydrogen-bond acceptors (Lipinski definition) is 2. The summed E-state index contributed by atoms with van der Waals surface area (Å²) in [5.74, 6) is 0.527. The Hall–Kier alpha value is -1.56. The van der Waals surface area contributed by atoms with Crippen molar-refractivity contribution in [2.45, 2.75) is 6.92 Å². The predicted octanol–water partition coefficient (Wildman–Crippen LogP) is 3.86. The normalized spacial score (nSPS) is 10.1. The lowest BCUT2D eigenvalue weighted by atomic mass is 10.2. The van der Waals surface area contributed by atoms with Gasteiger partial charge in [0.05, 0.1) is 12.8 Å². The smallest absolute Gasteiger partial charge is 0.255 e. The third-order valence-electron chi connectivity index (χ3n) is 2.69. The van der Waals surface area contributed by atoms with Crippen LogP contribution in [0.25, 0.3) is 0 Å². The van der Waals surface area contributed by atoms with Gasteiger partial charge in [0.15, 0.2) is 0 Å². The number of methoxy groups -OCH3 is 1. The summed E-state index contributed by atoms with van der Waals surface area (Å²) in [6.45, 7) is 1.98. The van der Waals surface area contributed by atoms with Gasteiger partial charge in [0.1, 0.15) is 5.75 Å². The van der Waals surface area contributed by atoms with E-state index in [-0.39, 0.29) is 5.91 Å². The van der Waals surface area contributed by atoms with Crippen LogP contribution in [0.4, 0.5) is 5.69 Å².